The highest BCUT2D eigenvalue weighted by molar-refractivity contribution is 5.66. The molecule has 0 atom stereocenters. The summed E-state index contributed by atoms with van der Waals surface area (Å²) in [6.45, 7) is 0.645. The zero-order valence-corrected chi connectivity index (χ0v) is 9.85. The number of ether oxygens (including phenoxy) is 1. The molecule has 2 aromatic rings. The number of hydrogen-bond donors (Lipinski definition) is 1. The summed E-state index contributed by atoms with van der Waals surface area (Å²) in [6, 6.07) is 7.75. The molecule has 4 heteroatoms. The number of nitrogens with two attached hydrogens (primary N) is 1. The van der Waals surface area contributed by atoms with E-state index >= 15 is 0 Å². The SMILES string of the molecule is COc1ccccc1-c1coc(CCCN)n1. The first-order valence-electron chi connectivity index (χ1n) is 5.63. The van der Waals surface area contributed by atoms with Gasteiger partial charge >= 0.3 is 0 Å². The molecule has 0 fully saturated rings. The smallest absolute Gasteiger partial charge is 0.194 e. The molecule has 0 radical (unpaired) electrons. The third-order valence-electron chi connectivity index (χ3n) is 2.53. The van der Waals surface area contributed by atoms with Gasteiger partial charge in [0, 0.05) is 12.0 Å². The maximum Gasteiger partial charge on any atom is 0.194 e. The van der Waals surface area contributed by atoms with Gasteiger partial charge in [0.05, 0.1) is 7.11 Å². The fraction of sp³-hybridized carbons (Fsp3) is 0.308. The molecule has 0 aliphatic heterocycles. The van der Waals surface area contributed by atoms with Crippen molar-refractivity contribution >= 4 is 0 Å². The van der Waals surface area contributed by atoms with Crippen LogP contribution in [0.4, 0.5) is 0 Å². The quantitative estimate of drug-likeness (QED) is 0.858. The van der Waals surface area contributed by atoms with Gasteiger partial charge in [0.2, 0.25) is 0 Å². The van der Waals surface area contributed by atoms with Gasteiger partial charge in [0.25, 0.3) is 0 Å². The zero-order chi connectivity index (χ0) is 12.1. The van der Waals surface area contributed by atoms with Crippen molar-refractivity contribution in [1.82, 2.24) is 4.98 Å². The molecule has 2 rings (SSSR count). The molecule has 0 saturated carbocycles. The Morgan fingerprint density at radius 3 is 2.94 bits per heavy atom. The van der Waals surface area contributed by atoms with Crippen LogP contribution in [0.5, 0.6) is 5.75 Å². The molecule has 0 unspecified atom stereocenters. The summed E-state index contributed by atoms with van der Waals surface area (Å²) in [5.74, 6) is 1.52. The van der Waals surface area contributed by atoms with Crippen LogP contribution >= 0.6 is 0 Å². The number of benzene rings is 1. The number of nitrogens with zero attached hydrogens (tertiary/aromatic N) is 1. The second-order valence-electron chi connectivity index (χ2n) is 3.72. The minimum absolute atomic E-state index is 0.645. The van der Waals surface area contributed by atoms with Crippen LogP contribution in [0.3, 0.4) is 0 Å². The molecule has 4 nitrogen and oxygen atoms in total. The first kappa shape index (κ1) is 11.7. The first-order chi connectivity index (χ1) is 8.35. The molecule has 0 saturated heterocycles. The predicted octanol–water partition coefficient (Wildman–Crippen LogP) is 2.24. The molecular formula is C13H16N2O2. The van der Waals surface area contributed by atoms with Crippen LogP contribution in [0.2, 0.25) is 0 Å². The van der Waals surface area contributed by atoms with Gasteiger partial charge in [-0.05, 0) is 25.1 Å². The molecular weight excluding hydrogens is 216 g/mol. The number of hydrogen-bond acceptors (Lipinski definition) is 4. The monoisotopic (exact) mass is 232 g/mol. The minimum atomic E-state index is 0.645. The largest absolute Gasteiger partial charge is 0.496 e. The van der Waals surface area contributed by atoms with Crippen molar-refractivity contribution in [3.8, 4) is 17.0 Å². The van der Waals surface area contributed by atoms with E-state index in [1.165, 1.54) is 0 Å². The van der Waals surface area contributed by atoms with E-state index in [1.54, 1.807) is 13.4 Å². The molecule has 0 aliphatic rings. The zero-order valence-electron chi connectivity index (χ0n) is 9.85. The highest BCUT2D eigenvalue weighted by Crippen LogP contribution is 2.28. The van der Waals surface area contributed by atoms with Crippen molar-refractivity contribution in [2.24, 2.45) is 5.73 Å². The summed E-state index contributed by atoms with van der Waals surface area (Å²) >= 11 is 0. The minimum Gasteiger partial charge on any atom is -0.496 e. The van der Waals surface area contributed by atoms with Crippen molar-refractivity contribution in [2.45, 2.75) is 12.8 Å². The Hall–Kier alpha value is -1.81. The molecule has 1 heterocycles. The van der Waals surface area contributed by atoms with Gasteiger partial charge in [-0.2, -0.15) is 0 Å². The number of aryl methyl sites for hydroxylation is 1. The summed E-state index contributed by atoms with van der Waals surface area (Å²) in [5.41, 5.74) is 7.19. The van der Waals surface area contributed by atoms with Gasteiger partial charge in [0.15, 0.2) is 5.89 Å². The molecule has 0 bridgehead atoms. The van der Waals surface area contributed by atoms with Crippen LogP contribution in [-0.4, -0.2) is 18.6 Å². The summed E-state index contributed by atoms with van der Waals surface area (Å²) in [5, 5.41) is 0. The Morgan fingerprint density at radius 2 is 2.18 bits per heavy atom. The summed E-state index contributed by atoms with van der Waals surface area (Å²) < 4.78 is 10.7. The normalized spacial score (nSPS) is 10.5. The van der Waals surface area contributed by atoms with Crippen LogP contribution in [0.15, 0.2) is 34.9 Å². The highest BCUT2D eigenvalue weighted by atomic mass is 16.5. The fourth-order valence-corrected chi connectivity index (χ4v) is 1.66. The lowest BCUT2D eigenvalue weighted by atomic mass is 10.1. The number of para-hydroxylation sites is 1. The van der Waals surface area contributed by atoms with Crippen LogP contribution in [0.25, 0.3) is 11.3 Å². The summed E-state index contributed by atoms with van der Waals surface area (Å²) in [4.78, 5) is 4.42. The number of rotatable bonds is 5. The summed E-state index contributed by atoms with van der Waals surface area (Å²) in [6.07, 6.45) is 3.31. The molecule has 0 spiro atoms. The number of aromatic nitrogens is 1. The average molecular weight is 232 g/mol. The van der Waals surface area contributed by atoms with E-state index in [2.05, 4.69) is 4.98 Å². The maximum absolute atomic E-state index is 5.45. The second kappa shape index (κ2) is 5.50. The van der Waals surface area contributed by atoms with Crippen LogP contribution in [-0.2, 0) is 6.42 Å². The molecule has 90 valence electrons. The standard InChI is InChI=1S/C13H16N2O2/c1-16-12-6-3-2-5-10(12)11-9-17-13(15-11)7-4-8-14/h2-3,5-6,9H,4,7-8,14H2,1H3. The third kappa shape index (κ3) is 2.65. The maximum atomic E-state index is 5.45. The van der Waals surface area contributed by atoms with Crippen molar-refractivity contribution < 1.29 is 9.15 Å². The molecule has 0 amide bonds. The van der Waals surface area contributed by atoms with Gasteiger partial charge < -0.3 is 14.9 Å². The lowest BCUT2D eigenvalue weighted by Gasteiger charge is -2.04. The van der Waals surface area contributed by atoms with E-state index < -0.39 is 0 Å². The van der Waals surface area contributed by atoms with Gasteiger partial charge in [0.1, 0.15) is 17.7 Å². The molecule has 1 aromatic carbocycles. The van der Waals surface area contributed by atoms with Gasteiger partial charge in [-0.25, -0.2) is 4.98 Å². The van der Waals surface area contributed by atoms with Gasteiger partial charge in [-0.15, -0.1) is 0 Å². The van der Waals surface area contributed by atoms with Crippen molar-refractivity contribution in [2.75, 3.05) is 13.7 Å². The number of methoxy groups -OCH3 is 1. The van der Waals surface area contributed by atoms with Gasteiger partial charge in [-0.1, -0.05) is 12.1 Å². The van der Waals surface area contributed by atoms with Gasteiger partial charge in [-0.3, -0.25) is 0 Å². The van der Waals surface area contributed by atoms with E-state index in [0.29, 0.717) is 6.54 Å². The van der Waals surface area contributed by atoms with E-state index in [1.807, 2.05) is 24.3 Å². The third-order valence-corrected chi connectivity index (χ3v) is 2.53. The predicted molar refractivity (Wildman–Crippen MR) is 65.9 cm³/mol. The Balaban J connectivity index is 2.24. The van der Waals surface area contributed by atoms with Crippen molar-refractivity contribution in [3.63, 3.8) is 0 Å². The van der Waals surface area contributed by atoms with E-state index in [4.69, 9.17) is 14.9 Å². The van der Waals surface area contributed by atoms with Crippen LogP contribution < -0.4 is 10.5 Å². The van der Waals surface area contributed by atoms with E-state index in [-0.39, 0.29) is 0 Å². The highest BCUT2D eigenvalue weighted by Gasteiger charge is 2.10. The first-order valence-corrected chi connectivity index (χ1v) is 5.63. The second-order valence-corrected chi connectivity index (χ2v) is 3.72. The Labute approximate surface area is 100 Å². The lowest BCUT2D eigenvalue weighted by Crippen LogP contribution is -2.00. The Kier molecular flexibility index (Phi) is 3.77. The summed E-state index contributed by atoms with van der Waals surface area (Å²) in [7, 11) is 1.65. The van der Waals surface area contributed by atoms with E-state index in [9.17, 15) is 0 Å². The van der Waals surface area contributed by atoms with Crippen LogP contribution in [0, 0.1) is 0 Å². The lowest BCUT2D eigenvalue weighted by molar-refractivity contribution is 0.416. The molecule has 1 aromatic heterocycles. The topological polar surface area (TPSA) is 61.3 Å². The average Bonchev–Trinajstić information content (AvgIpc) is 2.85. The van der Waals surface area contributed by atoms with Crippen LogP contribution in [0.1, 0.15) is 12.3 Å². The van der Waals surface area contributed by atoms with Crippen molar-refractivity contribution in [3.05, 3.63) is 36.4 Å². The fourth-order valence-electron chi connectivity index (χ4n) is 1.66. The van der Waals surface area contributed by atoms with Crippen molar-refractivity contribution in [1.29, 1.82) is 0 Å². The molecule has 2 N–H and O–H groups in total. The van der Waals surface area contributed by atoms with E-state index in [0.717, 1.165) is 35.7 Å². The Bertz CT molecular complexity index is 480. The Morgan fingerprint density at radius 1 is 1.35 bits per heavy atom. The number of oxazole rings is 1. The molecule has 0 aliphatic carbocycles. The molecule has 17 heavy (non-hydrogen) atoms.